The highest BCUT2D eigenvalue weighted by molar-refractivity contribution is 7.38. The van der Waals surface area contributed by atoms with Crippen LogP contribution in [0.4, 0.5) is 0 Å². The van der Waals surface area contributed by atoms with Gasteiger partial charge >= 0.3 is 0 Å². The van der Waals surface area contributed by atoms with Crippen molar-refractivity contribution in [3.8, 4) is 0 Å². The molecule has 0 aliphatic rings. The highest BCUT2D eigenvalue weighted by Gasteiger charge is 1.95. The summed E-state index contributed by atoms with van der Waals surface area (Å²) in [5.41, 5.74) is 0. The molecule has 0 N–H and O–H groups in total. The van der Waals surface area contributed by atoms with Gasteiger partial charge in [-0.25, -0.2) is 0 Å². The fourth-order valence-electron chi connectivity index (χ4n) is 1.98. The van der Waals surface area contributed by atoms with Gasteiger partial charge in [-0.1, -0.05) is 65.7 Å². The van der Waals surface area contributed by atoms with Gasteiger partial charge in [-0.2, -0.15) is 0 Å². The van der Waals surface area contributed by atoms with Crippen molar-refractivity contribution in [3.63, 3.8) is 0 Å². The summed E-state index contributed by atoms with van der Waals surface area (Å²) in [5.74, 6) is 0.857. The molecule has 0 spiro atoms. The van der Waals surface area contributed by atoms with Crippen LogP contribution >= 0.6 is 8.58 Å². The van der Waals surface area contributed by atoms with Crippen molar-refractivity contribution in [1.82, 2.24) is 0 Å². The molecular formula is C16H35OP. The van der Waals surface area contributed by atoms with Crippen LogP contribution in [0.1, 0.15) is 72.1 Å². The van der Waals surface area contributed by atoms with Gasteiger partial charge < -0.3 is 4.74 Å². The van der Waals surface area contributed by atoms with Crippen LogP contribution in [0.5, 0.6) is 0 Å². The lowest BCUT2D eigenvalue weighted by molar-refractivity contribution is 0.145. The summed E-state index contributed by atoms with van der Waals surface area (Å²) in [6.45, 7) is 8.85. The first-order valence-corrected chi connectivity index (χ1v) is 9.47. The molecule has 0 fully saturated rings. The molecule has 0 radical (unpaired) electrons. The second-order valence-electron chi connectivity index (χ2n) is 5.69. The molecule has 0 amide bonds. The Hall–Kier alpha value is 0.390. The van der Waals surface area contributed by atoms with Crippen molar-refractivity contribution in [2.75, 3.05) is 25.5 Å². The molecule has 0 aromatic heterocycles. The monoisotopic (exact) mass is 274 g/mol. The number of ether oxygens (including phenoxy) is 1. The summed E-state index contributed by atoms with van der Waals surface area (Å²) in [6, 6.07) is 0. The third-order valence-corrected chi connectivity index (χ3v) is 4.78. The highest BCUT2D eigenvalue weighted by atomic mass is 31.1. The third kappa shape index (κ3) is 16.4. The Morgan fingerprint density at radius 1 is 0.833 bits per heavy atom. The third-order valence-electron chi connectivity index (χ3n) is 3.12. The van der Waals surface area contributed by atoms with E-state index >= 15 is 0 Å². The number of unbranched alkanes of at least 4 members (excludes halogenated alkanes) is 7. The average Bonchev–Trinajstić information content (AvgIpc) is 2.34. The van der Waals surface area contributed by atoms with Gasteiger partial charge in [0.2, 0.25) is 0 Å². The van der Waals surface area contributed by atoms with Gasteiger partial charge in [0.15, 0.2) is 0 Å². The average molecular weight is 274 g/mol. The molecule has 1 nitrogen and oxygen atoms in total. The van der Waals surface area contributed by atoms with E-state index in [0.717, 1.165) is 27.7 Å². The molecule has 0 aliphatic heterocycles. The van der Waals surface area contributed by atoms with Crippen molar-refractivity contribution in [1.29, 1.82) is 0 Å². The fourth-order valence-corrected chi connectivity index (χ4v) is 3.05. The van der Waals surface area contributed by atoms with Crippen molar-refractivity contribution in [3.05, 3.63) is 0 Å². The van der Waals surface area contributed by atoms with Crippen LogP contribution in [0, 0.1) is 5.92 Å². The summed E-state index contributed by atoms with van der Waals surface area (Å²) in [5, 5.41) is 0. The largest absolute Gasteiger partial charge is 0.381 e. The van der Waals surface area contributed by atoms with Crippen molar-refractivity contribution in [2.24, 2.45) is 5.92 Å². The predicted octanol–water partition coefficient (Wildman–Crippen LogP) is 5.48. The minimum atomic E-state index is 0.857. The van der Waals surface area contributed by atoms with Crippen LogP contribution in [0.25, 0.3) is 0 Å². The Morgan fingerprint density at radius 3 is 2.06 bits per heavy atom. The number of rotatable bonds is 14. The van der Waals surface area contributed by atoms with Gasteiger partial charge in [0, 0.05) is 6.61 Å². The zero-order valence-electron chi connectivity index (χ0n) is 13.0. The molecule has 2 heteroatoms. The van der Waals surface area contributed by atoms with Gasteiger partial charge in [-0.3, -0.25) is 0 Å². The van der Waals surface area contributed by atoms with E-state index in [2.05, 4.69) is 20.8 Å². The lowest BCUT2D eigenvalue weighted by Crippen LogP contribution is -2.00. The standard InChI is InChI=1S/C16H35OP/c1-4-5-6-7-8-9-10-11-12-17-13-14-18-15-16(2)3/h16,18H,4-15H2,1-3H3. The highest BCUT2D eigenvalue weighted by Crippen LogP contribution is 2.14. The van der Waals surface area contributed by atoms with E-state index in [4.69, 9.17) is 4.74 Å². The Balaban J connectivity index is 2.90. The smallest absolute Gasteiger partial charge is 0.0502 e. The Kier molecular flexibility index (Phi) is 15.8. The van der Waals surface area contributed by atoms with Gasteiger partial charge in [-0.15, -0.1) is 8.58 Å². The molecule has 0 aromatic rings. The maximum atomic E-state index is 5.67. The molecule has 0 heterocycles. The van der Waals surface area contributed by atoms with E-state index in [0.29, 0.717) is 0 Å². The maximum Gasteiger partial charge on any atom is 0.0502 e. The molecule has 110 valence electrons. The van der Waals surface area contributed by atoms with Crippen LogP contribution < -0.4 is 0 Å². The first-order valence-electron chi connectivity index (χ1n) is 8.05. The van der Waals surface area contributed by atoms with Crippen LogP contribution in [0.15, 0.2) is 0 Å². The first-order chi connectivity index (χ1) is 8.77. The van der Waals surface area contributed by atoms with Crippen molar-refractivity contribution >= 4 is 8.58 Å². The van der Waals surface area contributed by atoms with E-state index in [-0.39, 0.29) is 0 Å². The molecule has 1 atom stereocenters. The topological polar surface area (TPSA) is 9.23 Å². The SMILES string of the molecule is CCCCCCCCCCOCCPCC(C)C. The number of hydrogen-bond donors (Lipinski definition) is 0. The summed E-state index contributed by atoms with van der Waals surface area (Å²) < 4.78 is 5.67. The first kappa shape index (κ1) is 18.4. The van der Waals surface area contributed by atoms with Crippen LogP contribution in [0.2, 0.25) is 0 Å². The predicted molar refractivity (Wildman–Crippen MR) is 86.3 cm³/mol. The van der Waals surface area contributed by atoms with Crippen molar-refractivity contribution in [2.45, 2.75) is 72.1 Å². The van der Waals surface area contributed by atoms with Crippen LogP contribution in [-0.2, 0) is 4.74 Å². The van der Waals surface area contributed by atoms with Gasteiger partial charge in [0.25, 0.3) is 0 Å². The minimum absolute atomic E-state index is 0.857. The molecule has 0 saturated heterocycles. The van der Waals surface area contributed by atoms with Gasteiger partial charge in [0.1, 0.15) is 0 Å². The van der Waals surface area contributed by atoms with Gasteiger partial charge in [-0.05, 0) is 24.7 Å². The zero-order chi connectivity index (χ0) is 13.5. The molecular weight excluding hydrogens is 239 g/mol. The molecule has 0 saturated carbocycles. The quantitative estimate of drug-likeness (QED) is 0.301. The lowest BCUT2D eigenvalue weighted by atomic mass is 10.1. The molecule has 0 bridgehead atoms. The zero-order valence-corrected chi connectivity index (χ0v) is 14.0. The van der Waals surface area contributed by atoms with Crippen molar-refractivity contribution < 1.29 is 4.74 Å². The Bertz CT molecular complexity index is 148. The molecule has 0 aromatic carbocycles. The van der Waals surface area contributed by atoms with Gasteiger partial charge in [0.05, 0.1) is 6.61 Å². The number of hydrogen-bond acceptors (Lipinski definition) is 1. The normalized spacial score (nSPS) is 12.0. The van der Waals surface area contributed by atoms with Crippen LogP contribution in [0.3, 0.4) is 0 Å². The molecule has 1 unspecified atom stereocenters. The fraction of sp³-hybridized carbons (Fsp3) is 1.00. The summed E-state index contributed by atoms with van der Waals surface area (Å²) >= 11 is 0. The summed E-state index contributed by atoms with van der Waals surface area (Å²) in [6.07, 6.45) is 13.7. The van der Waals surface area contributed by atoms with E-state index in [1.165, 1.54) is 63.7 Å². The Morgan fingerprint density at radius 2 is 1.44 bits per heavy atom. The Labute approximate surface area is 117 Å². The lowest BCUT2D eigenvalue weighted by Gasteiger charge is -2.06. The molecule has 0 aliphatic carbocycles. The van der Waals surface area contributed by atoms with E-state index in [9.17, 15) is 0 Å². The minimum Gasteiger partial charge on any atom is -0.381 e. The summed E-state index contributed by atoms with van der Waals surface area (Å²) in [7, 11) is 1.10. The van der Waals surface area contributed by atoms with Crippen LogP contribution in [-0.4, -0.2) is 25.5 Å². The van der Waals surface area contributed by atoms with E-state index < -0.39 is 0 Å². The second-order valence-corrected chi connectivity index (χ2v) is 7.09. The van der Waals surface area contributed by atoms with E-state index in [1.54, 1.807) is 0 Å². The van der Waals surface area contributed by atoms with E-state index in [1.807, 2.05) is 0 Å². The summed E-state index contributed by atoms with van der Waals surface area (Å²) in [4.78, 5) is 0. The molecule has 0 rings (SSSR count). The second kappa shape index (κ2) is 15.4. The molecule has 18 heavy (non-hydrogen) atoms. The maximum absolute atomic E-state index is 5.67.